The van der Waals surface area contributed by atoms with Crippen LogP contribution in [0.25, 0.3) is 17.3 Å². The third-order valence-corrected chi connectivity index (χ3v) is 6.87. The molecule has 3 heterocycles. The van der Waals surface area contributed by atoms with E-state index >= 15 is 4.39 Å². The summed E-state index contributed by atoms with van der Waals surface area (Å²) in [5.74, 6) is 0.295. The van der Waals surface area contributed by atoms with E-state index in [2.05, 4.69) is 40.8 Å². The first-order chi connectivity index (χ1) is 17.0. The maximum atomic E-state index is 15.4. The molecule has 0 amide bonds. The van der Waals surface area contributed by atoms with Gasteiger partial charge in [-0.2, -0.15) is 0 Å². The number of alkyl halides is 1. The SMILES string of the molecule is COc1cccc(OC)c1-n1c(NS(=O)(=O)C[C@@](C)(F)c2ncc(Br)cn2)nnc1-c1ccc(C)o1. The van der Waals surface area contributed by atoms with Crippen LogP contribution in [-0.4, -0.2) is 53.1 Å². The maximum absolute atomic E-state index is 15.4. The van der Waals surface area contributed by atoms with Gasteiger partial charge in [0.25, 0.3) is 0 Å². The number of nitrogens with zero attached hydrogens (tertiary/aromatic N) is 5. The molecule has 0 fully saturated rings. The number of rotatable bonds is 9. The number of hydrogen-bond donors (Lipinski definition) is 1. The zero-order chi connectivity index (χ0) is 26.1. The number of para-hydroxylation sites is 1. The lowest BCUT2D eigenvalue weighted by Crippen LogP contribution is -2.33. The minimum absolute atomic E-state index is 0.169. The van der Waals surface area contributed by atoms with Crippen LogP contribution >= 0.6 is 15.9 Å². The van der Waals surface area contributed by atoms with Gasteiger partial charge >= 0.3 is 0 Å². The van der Waals surface area contributed by atoms with E-state index in [0.717, 1.165) is 6.92 Å². The highest BCUT2D eigenvalue weighted by molar-refractivity contribution is 9.10. The van der Waals surface area contributed by atoms with Crippen molar-refractivity contribution in [3.8, 4) is 28.8 Å². The molecule has 0 bridgehead atoms. The number of anilines is 1. The number of sulfonamides is 1. The summed E-state index contributed by atoms with van der Waals surface area (Å²) in [7, 11) is -1.43. The number of ether oxygens (including phenoxy) is 2. The topological polar surface area (TPSA) is 134 Å². The van der Waals surface area contributed by atoms with E-state index in [1.807, 2.05) is 0 Å². The number of furan rings is 1. The van der Waals surface area contributed by atoms with E-state index in [4.69, 9.17) is 13.9 Å². The molecule has 1 aromatic carbocycles. The van der Waals surface area contributed by atoms with E-state index in [-0.39, 0.29) is 17.6 Å². The quantitative estimate of drug-likeness (QED) is 0.311. The summed E-state index contributed by atoms with van der Waals surface area (Å²) >= 11 is 3.17. The summed E-state index contributed by atoms with van der Waals surface area (Å²) in [6.45, 7) is 2.84. The van der Waals surface area contributed by atoms with Crippen LogP contribution in [0.3, 0.4) is 0 Å². The maximum Gasteiger partial charge on any atom is 0.243 e. The minimum atomic E-state index is -4.34. The largest absolute Gasteiger partial charge is 0.494 e. The number of hydrogen-bond acceptors (Lipinski definition) is 9. The number of nitrogens with one attached hydrogen (secondary N) is 1. The predicted octanol–water partition coefficient (Wildman–Crippen LogP) is 4.03. The van der Waals surface area contributed by atoms with Crippen LogP contribution in [-0.2, 0) is 15.7 Å². The van der Waals surface area contributed by atoms with Gasteiger partial charge in [0, 0.05) is 12.4 Å². The zero-order valence-corrected chi connectivity index (χ0v) is 22.1. The minimum Gasteiger partial charge on any atom is -0.494 e. The molecule has 36 heavy (non-hydrogen) atoms. The fraction of sp³-hybridized carbons (Fsp3) is 0.273. The second-order valence-corrected chi connectivity index (χ2v) is 10.5. The summed E-state index contributed by atoms with van der Waals surface area (Å²) in [4.78, 5) is 7.79. The molecule has 11 nitrogen and oxygen atoms in total. The van der Waals surface area contributed by atoms with Gasteiger partial charge in [-0.05, 0) is 54.0 Å². The first-order valence-electron chi connectivity index (χ1n) is 10.5. The normalized spacial score (nSPS) is 13.3. The van der Waals surface area contributed by atoms with Gasteiger partial charge in [0.1, 0.15) is 28.7 Å². The Labute approximate surface area is 214 Å². The van der Waals surface area contributed by atoms with Gasteiger partial charge in [0.15, 0.2) is 17.3 Å². The van der Waals surface area contributed by atoms with Crippen molar-refractivity contribution in [1.29, 1.82) is 0 Å². The lowest BCUT2D eigenvalue weighted by atomic mass is 10.1. The summed E-state index contributed by atoms with van der Waals surface area (Å²) in [5.41, 5.74) is -2.09. The van der Waals surface area contributed by atoms with Crippen LogP contribution in [0.15, 0.2) is 51.6 Å². The average molecular weight is 581 g/mol. The zero-order valence-electron chi connectivity index (χ0n) is 19.7. The van der Waals surface area contributed by atoms with Gasteiger partial charge in [-0.25, -0.2) is 22.8 Å². The van der Waals surface area contributed by atoms with Gasteiger partial charge in [-0.3, -0.25) is 9.29 Å². The van der Waals surface area contributed by atoms with Gasteiger partial charge in [0.05, 0.1) is 18.7 Å². The van der Waals surface area contributed by atoms with Crippen molar-refractivity contribution in [3.05, 3.63) is 58.8 Å². The monoisotopic (exact) mass is 580 g/mol. The van der Waals surface area contributed by atoms with Gasteiger partial charge in [-0.15, -0.1) is 10.2 Å². The first kappa shape index (κ1) is 25.6. The summed E-state index contributed by atoms with van der Waals surface area (Å²) in [6.07, 6.45) is 2.67. The molecule has 0 saturated carbocycles. The Morgan fingerprint density at radius 2 is 1.75 bits per heavy atom. The van der Waals surface area contributed by atoms with Crippen molar-refractivity contribution in [2.45, 2.75) is 19.5 Å². The van der Waals surface area contributed by atoms with E-state index in [0.29, 0.717) is 33.2 Å². The van der Waals surface area contributed by atoms with E-state index in [1.54, 1.807) is 37.3 Å². The molecule has 3 aromatic heterocycles. The Balaban J connectivity index is 1.80. The molecular formula is C22H22BrFN6O5S. The third-order valence-electron chi connectivity index (χ3n) is 5.04. The molecule has 190 valence electrons. The lowest BCUT2D eigenvalue weighted by Gasteiger charge is -2.20. The number of aromatic nitrogens is 5. The van der Waals surface area contributed by atoms with Crippen LogP contribution in [0.1, 0.15) is 18.5 Å². The van der Waals surface area contributed by atoms with Gasteiger partial charge < -0.3 is 13.9 Å². The second kappa shape index (κ2) is 9.85. The average Bonchev–Trinajstić information content (AvgIpc) is 3.43. The van der Waals surface area contributed by atoms with Gasteiger partial charge in [0.2, 0.25) is 21.8 Å². The van der Waals surface area contributed by atoms with Crippen molar-refractivity contribution in [3.63, 3.8) is 0 Å². The second-order valence-electron chi connectivity index (χ2n) is 7.89. The van der Waals surface area contributed by atoms with E-state index in [9.17, 15) is 8.42 Å². The molecule has 0 aliphatic rings. The molecule has 14 heteroatoms. The fourth-order valence-corrected chi connectivity index (χ4v) is 5.04. The van der Waals surface area contributed by atoms with Crippen LogP contribution in [0.5, 0.6) is 11.5 Å². The highest BCUT2D eigenvalue weighted by atomic mass is 79.9. The molecule has 0 radical (unpaired) electrons. The highest BCUT2D eigenvalue weighted by Gasteiger charge is 2.37. The molecule has 0 aliphatic carbocycles. The summed E-state index contributed by atoms with van der Waals surface area (Å²) in [5, 5.41) is 8.15. The third kappa shape index (κ3) is 5.18. The van der Waals surface area contributed by atoms with Crippen LogP contribution in [0.2, 0.25) is 0 Å². The molecule has 0 spiro atoms. The fourth-order valence-electron chi connectivity index (χ4n) is 3.51. The Bertz CT molecular complexity index is 1460. The highest BCUT2D eigenvalue weighted by Crippen LogP contribution is 2.38. The summed E-state index contributed by atoms with van der Waals surface area (Å²) in [6, 6.07) is 8.43. The predicted molar refractivity (Wildman–Crippen MR) is 133 cm³/mol. The van der Waals surface area contributed by atoms with Crippen LogP contribution in [0, 0.1) is 6.92 Å². The molecule has 0 saturated heterocycles. The molecule has 4 aromatic rings. The Morgan fingerprint density at radius 3 is 2.31 bits per heavy atom. The Kier molecular flexibility index (Phi) is 7.00. The number of aryl methyl sites for hydroxylation is 1. The van der Waals surface area contributed by atoms with Crippen LogP contribution < -0.4 is 14.2 Å². The van der Waals surface area contributed by atoms with E-state index < -0.39 is 21.4 Å². The van der Waals surface area contributed by atoms with Gasteiger partial charge in [-0.1, -0.05) is 6.07 Å². The molecular weight excluding hydrogens is 559 g/mol. The first-order valence-corrected chi connectivity index (χ1v) is 12.9. The Morgan fingerprint density at radius 1 is 1.11 bits per heavy atom. The molecule has 0 unspecified atom stereocenters. The Hall–Kier alpha value is -3.52. The number of halogens is 2. The molecule has 1 atom stereocenters. The molecule has 0 aliphatic heterocycles. The number of benzene rings is 1. The lowest BCUT2D eigenvalue weighted by molar-refractivity contribution is 0.210. The van der Waals surface area contributed by atoms with Crippen LogP contribution in [0.4, 0.5) is 10.3 Å². The van der Waals surface area contributed by atoms with Crippen molar-refractivity contribution >= 4 is 31.9 Å². The molecule has 4 rings (SSSR count). The standard InChI is InChI=1S/C22H22BrFN6O5S/c1-13-8-9-17(35-13)19-27-28-21(30(19)18-15(33-3)6-5-7-16(18)34-4)29-36(31,32)12-22(2,24)20-25-10-14(23)11-26-20/h5-11H,12H2,1-4H3,(H,28,29)/t22-/m1/s1. The summed E-state index contributed by atoms with van der Waals surface area (Å²) < 4.78 is 62.6. The molecule has 1 N–H and O–H groups in total. The smallest absolute Gasteiger partial charge is 0.243 e. The van der Waals surface area contributed by atoms with Crippen molar-refractivity contribution in [1.82, 2.24) is 24.7 Å². The van der Waals surface area contributed by atoms with Crippen molar-refractivity contribution in [2.75, 3.05) is 24.7 Å². The van der Waals surface area contributed by atoms with Crippen molar-refractivity contribution in [2.24, 2.45) is 0 Å². The number of methoxy groups -OCH3 is 2. The van der Waals surface area contributed by atoms with Crippen molar-refractivity contribution < 1.29 is 26.7 Å². The van der Waals surface area contributed by atoms with E-state index in [1.165, 1.54) is 31.2 Å².